The number of anilines is 1. The summed E-state index contributed by atoms with van der Waals surface area (Å²) in [6.07, 6.45) is 5.07. The molecule has 2 aromatic carbocycles. The molecule has 4 heteroatoms. The van der Waals surface area contributed by atoms with Crippen LogP contribution >= 0.6 is 0 Å². The second-order valence-corrected chi connectivity index (χ2v) is 11.1. The standard InChI is InChI=1S/C30H33N3O/c1-5-20-15-23-18(2)27-22-9-6-19(17-31)14-25(22)32-28(27)29(3,4)24(23)16-26(20)33-12-10-30(34,11-13-33)21-7-8-21/h6,9,14-16,21,32,34H,2,5,7-8,10-13H2,1,3-4H3. The van der Waals surface area contributed by atoms with Crippen molar-refractivity contribution in [1.82, 2.24) is 4.98 Å². The van der Waals surface area contributed by atoms with Crippen molar-refractivity contribution in [2.45, 2.75) is 63.9 Å². The highest BCUT2D eigenvalue weighted by molar-refractivity contribution is 6.01. The molecule has 2 N–H and O–H groups in total. The zero-order chi connectivity index (χ0) is 23.8. The van der Waals surface area contributed by atoms with E-state index in [0.29, 0.717) is 11.5 Å². The summed E-state index contributed by atoms with van der Waals surface area (Å²) < 4.78 is 0. The van der Waals surface area contributed by atoms with Gasteiger partial charge in [0.1, 0.15) is 0 Å². The molecule has 4 nitrogen and oxygen atoms in total. The first-order chi connectivity index (χ1) is 16.3. The first kappa shape index (κ1) is 21.5. The molecule has 2 aliphatic carbocycles. The SMILES string of the molecule is C=C1c2cc(CC)c(N3CCC(O)(C4CC4)CC3)cc2C(C)(C)c2[nH]c3cc(C#N)ccc3c21. The lowest BCUT2D eigenvalue weighted by molar-refractivity contribution is -0.00533. The van der Waals surface area contributed by atoms with E-state index in [2.05, 4.69) is 61.5 Å². The van der Waals surface area contributed by atoms with Crippen molar-refractivity contribution in [3.63, 3.8) is 0 Å². The molecule has 6 rings (SSSR count). The Hall–Kier alpha value is -3.03. The van der Waals surface area contributed by atoms with Gasteiger partial charge < -0.3 is 15.0 Å². The Kier molecular flexibility index (Phi) is 4.57. The van der Waals surface area contributed by atoms with Gasteiger partial charge in [-0.2, -0.15) is 5.26 Å². The van der Waals surface area contributed by atoms with Crippen LogP contribution in [0.2, 0.25) is 0 Å². The molecule has 2 heterocycles. The predicted molar refractivity (Wildman–Crippen MR) is 138 cm³/mol. The number of aliphatic hydroxyl groups is 1. The topological polar surface area (TPSA) is 63.0 Å². The van der Waals surface area contributed by atoms with Crippen LogP contribution < -0.4 is 4.90 Å². The van der Waals surface area contributed by atoms with Crippen LogP contribution in [0.1, 0.15) is 80.0 Å². The van der Waals surface area contributed by atoms with Gasteiger partial charge in [-0.1, -0.05) is 33.4 Å². The summed E-state index contributed by atoms with van der Waals surface area (Å²) in [5.41, 5.74) is 9.59. The Morgan fingerprint density at radius 2 is 1.91 bits per heavy atom. The van der Waals surface area contributed by atoms with E-state index in [1.165, 1.54) is 46.5 Å². The smallest absolute Gasteiger partial charge is 0.0992 e. The summed E-state index contributed by atoms with van der Waals surface area (Å²) in [5, 5.41) is 21.6. The molecule has 0 bridgehead atoms. The molecule has 1 aliphatic heterocycles. The van der Waals surface area contributed by atoms with Gasteiger partial charge in [0.05, 0.1) is 17.2 Å². The maximum atomic E-state index is 11.1. The molecular weight excluding hydrogens is 418 g/mol. The van der Waals surface area contributed by atoms with Crippen LogP contribution in [0.4, 0.5) is 5.69 Å². The minimum atomic E-state index is -0.452. The number of benzene rings is 2. The summed E-state index contributed by atoms with van der Waals surface area (Å²) in [5.74, 6) is 0.521. The van der Waals surface area contributed by atoms with Gasteiger partial charge in [-0.05, 0) is 84.6 Å². The van der Waals surface area contributed by atoms with Crippen molar-refractivity contribution >= 4 is 22.2 Å². The minimum absolute atomic E-state index is 0.219. The molecule has 0 spiro atoms. The monoisotopic (exact) mass is 451 g/mol. The van der Waals surface area contributed by atoms with Crippen LogP contribution in [-0.4, -0.2) is 28.8 Å². The fourth-order valence-electron chi connectivity index (χ4n) is 6.46. The van der Waals surface area contributed by atoms with Crippen molar-refractivity contribution < 1.29 is 5.11 Å². The van der Waals surface area contributed by atoms with Gasteiger partial charge in [0, 0.05) is 46.4 Å². The minimum Gasteiger partial charge on any atom is -0.389 e. The van der Waals surface area contributed by atoms with Crippen LogP contribution in [0.3, 0.4) is 0 Å². The lowest BCUT2D eigenvalue weighted by Crippen LogP contribution is -2.46. The van der Waals surface area contributed by atoms with Gasteiger partial charge in [0.25, 0.3) is 0 Å². The van der Waals surface area contributed by atoms with E-state index in [1.807, 2.05) is 12.1 Å². The summed E-state index contributed by atoms with van der Waals surface area (Å²) >= 11 is 0. The predicted octanol–water partition coefficient (Wildman–Crippen LogP) is 6.04. The van der Waals surface area contributed by atoms with Gasteiger partial charge in [-0.25, -0.2) is 0 Å². The first-order valence-corrected chi connectivity index (χ1v) is 12.7. The number of hydrogen-bond donors (Lipinski definition) is 2. The maximum absolute atomic E-state index is 11.1. The molecule has 0 amide bonds. The van der Waals surface area contributed by atoms with Crippen LogP contribution in [0, 0.1) is 17.2 Å². The molecule has 174 valence electrons. The second-order valence-electron chi connectivity index (χ2n) is 11.1. The van der Waals surface area contributed by atoms with E-state index in [0.717, 1.165) is 48.8 Å². The van der Waals surface area contributed by atoms with E-state index in [9.17, 15) is 10.4 Å². The zero-order valence-corrected chi connectivity index (χ0v) is 20.5. The van der Waals surface area contributed by atoms with Crippen molar-refractivity contribution in [2.75, 3.05) is 18.0 Å². The summed E-state index contributed by atoms with van der Waals surface area (Å²) in [6.45, 7) is 13.2. The second kappa shape index (κ2) is 7.23. The van der Waals surface area contributed by atoms with Gasteiger partial charge in [0.2, 0.25) is 0 Å². The summed E-state index contributed by atoms with van der Waals surface area (Å²) in [7, 11) is 0. The molecular formula is C30H33N3O. The molecule has 1 aromatic heterocycles. The largest absolute Gasteiger partial charge is 0.389 e. The van der Waals surface area contributed by atoms with Crippen LogP contribution in [0.25, 0.3) is 16.5 Å². The van der Waals surface area contributed by atoms with E-state index >= 15 is 0 Å². The highest BCUT2D eigenvalue weighted by Gasteiger charge is 2.46. The number of rotatable bonds is 3. The Labute approximate surface area is 201 Å². The highest BCUT2D eigenvalue weighted by Crippen LogP contribution is 2.51. The number of aromatic nitrogens is 1. The van der Waals surface area contributed by atoms with Gasteiger partial charge in [-0.3, -0.25) is 0 Å². The Morgan fingerprint density at radius 3 is 2.56 bits per heavy atom. The van der Waals surface area contributed by atoms with Crippen LogP contribution in [-0.2, 0) is 11.8 Å². The zero-order valence-electron chi connectivity index (χ0n) is 20.5. The Morgan fingerprint density at radius 1 is 1.18 bits per heavy atom. The van der Waals surface area contributed by atoms with E-state index in [4.69, 9.17) is 0 Å². The lowest BCUT2D eigenvalue weighted by Gasteiger charge is -2.42. The molecule has 3 aromatic rings. The quantitative estimate of drug-likeness (QED) is 0.510. The van der Waals surface area contributed by atoms with Gasteiger partial charge >= 0.3 is 0 Å². The fourth-order valence-corrected chi connectivity index (χ4v) is 6.46. The molecule has 0 atom stereocenters. The van der Waals surface area contributed by atoms with Crippen molar-refractivity contribution in [1.29, 1.82) is 5.26 Å². The number of aromatic amines is 1. The number of nitrogens with zero attached hydrogens (tertiary/aromatic N) is 2. The number of aryl methyl sites for hydroxylation is 1. The highest BCUT2D eigenvalue weighted by atomic mass is 16.3. The van der Waals surface area contributed by atoms with Crippen molar-refractivity contribution in [2.24, 2.45) is 5.92 Å². The first-order valence-electron chi connectivity index (χ1n) is 12.7. The molecule has 0 radical (unpaired) electrons. The number of nitriles is 1. The number of H-pyrrole nitrogens is 1. The molecule has 0 unspecified atom stereocenters. The van der Waals surface area contributed by atoms with Crippen molar-refractivity contribution in [3.8, 4) is 6.07 Å². The molecule has 1 saturated carbocycles. The van der Waals surface area contributed by atoms with E-state index in [1.54, 1.807) is 0 Å². The molecule has 34 heavy (non-hydrogen) atoms. The molecule has 2 fully saturated rings. The third kappa shape index (κ3) is 3.00. The van der Waals surface area contributed by atoms with Crippen LogP contribution in [0.15, 0.2) is 36.9 Å². The van der Waals surface area contributed by atoms with Gasteiger partial charge in [-0.15, -0.1) is 0 Å². The van der Waals surface area contributed by atoms with E-state index < -0.39 is 5.60 Å². The van der Waals surface area contributed by atoms with Crippen LogP contribution in [0.5, 0.6) is 0 Å². The average Bonchev–Trinajstić information content (AvgIpc) is 3.63. The summed E-state index contributed by atoms with van der Waals surface area (Å²) in [4.78, 5) is 6.15. The summed E-state index contributed by atoms with van der Waals surface area (Å²) in [6, 6.07) is 12.9. The van der Waals surface area contributed by atoms with Gasteiger partial charge in [0.15, 0.2) is 0 Å². The normalized spacial score (nSPS) is 20.7. The van der Waals surface area contributed by atoms with Crippen molar-refractivity contribution in [3.05, 3.63) is 70.4 Å². The molecule has 1 saturated heterocycles. The third-order valence-electron chi connectivity index (χ3n) is 8.76. The fraction of sp³-hybridized carbons (Fsp3) is 0.433. The Bertz CT molecular complexity index is 1370. The lowest BCUT2D eigenvalue weighted by atomic mass is 9.69. The average molecular weight is 452 g/mol. The number of hydrogen-bond acceptors (Lipinski definition) is 3. The molecule has 3 aliphatic rings. The maximum Gasteiger partial charge on any atom is 0.0992 e. The number of fused-ring (bicyclic) bond motifs is 4. The Balaban J connectivity index is 1.45. The number of piperidine rings is 1. The van der Waals surface area contributed by atoms with E-state index in [-0.39, 0.29) is 5.41 Å². The third-order valence-corrected chi connectivity index (χ3v) is 8.76. The number of nitrogens with one attached hydrogen (secondary N) is 1.